The molecule has 0 aliphatic carbocycles. The van der Waals surface area contributed by atoms with Crippen LogP contribution in [-0.4, -0.2) is 30.1 Å². The van der Waals surface area contributed by atoms with E-state index >= 15 is 0 Å². The molecule has 1 heterocycles. The molecule has 1 fully saturated rings. The van der Waals surface area contributed by atoms with Crippen LogP contribution >= 0.6 is 28.1 Å². The molecule has 4 nitrogen and oxygen atoms in total. The van der Waals surface area contributed by atoms with Gasteiger partial charge in [-0.1, -0.05) is 35.0 Å². The maximum atomic E-state index is 5.54. The van der Waals surface area contributed by atoms with Gasteiger partial charge in [0.1, 0.15) is 0 Å². The second-order valence-electron chi connectivity index (χ2n) is 4.88. The maximum absolute atomic E-state index is 5.54. The first-order valence-corrected chi connectivity index (χ1v) is 8.37. The SMILES string of the molecule is CC/C(=N/NC(=S)NC[C@@H]1CCCO1)c1ccc(Br)cc1. The fourth-order valence-electron chi connectivity index (χ4n) is 2.16. The highest BCUT2D eigenvalue weighted by atomic mass is 79.9. The van der Waals surface area contributed by atoms with Gasteiger partial charge in [0.25, 0.3) is 0 Å². The molecular weight excluding hydrogens is 350 g/mol. The first-order chi connectivity index (χ1) is 10.2. The van der Waals surface area contributed by atoms with Gasteiger partial charge in [-0.2, -0.15) is 5.10 Å². The van der Waals surface area contributed by atoms with E-state index in [4.69, 9.17) is 17.0 Å². The topological polar surface area (TPSA) is 45.7 Å². The van der Waals surface area contributed by atoms with Crippen LogP contribution in [0.25, 0.3) is 0 Å². The minimum atomic E-state index is 0.269. The predicted molar refractivity (Wildman–Crippen MR) is 93.7 cm³/mol. The smallest absolute Gasteiger partial charge is 0.187 e. The van der Waals surface area contributed by atoms with Crippen molar-refractivity contribution < 1.29 is 4.74 Å². The Morgan fingerprint density at radius 3 is 2.81 bits per heavy atom. The molecular formula is C15H20BrN3OS. The van der Waals surface area contributed by atoms with Crippen LogP contribution in [0.5, 0.6) is 0 Å². The minimum absolute atomic E-state index is 0.269. The Hall–Kier alpha value is -0.980. The molecule has 1 saturated heterocycles. The zero-order valence-corrected chi connectivity index (χ0v) is 14.5. The molecule has 114 valence electrons. The zero-order valence-electron chi connectivity index (χ0n) is 12.1. The highest BCUT2D eigenvalue weighted by Gasteiger charge is 2.15. The molecule has 0 spiro atoms. The molecule has 1 aromatic rings. The molecule has 0 radical (unpaired) electrons. The molecule has 6 heteroatoms. The Kier molecular flexibility index (Phi) is 6.60. The molecule has 0 aromatic heterocycles. The Labute approximate surface area is 139 Å². The number of thiocarbonyl (C=S) groups is 1. The molecule has 1 atom stereocenters. The maximum Gasteiger partial charge on any atom is 0.187 e. The van der Waals surface area contributed by atoms with Crippen molar-refractivity contribution in [2.45, 2.75) is 32.3 Å². The van der Waals surface area contributed by atoms with Crippen molar-refractivity contribution in [3.05, 3.63) is 34.3 Å². The standard InChI is InChI=1S/C15H20BrN3OS/c1-2-14(11-5-7-12(16)8-6-11)18-19-15(21)17-10-13-4-3-9-20-13/h5-8,13H,2-4,9-10H2,1H3,(H2,17,19,21)/b18-14-/t13-/m0/s1. The van der Waals surface area contributed by atoms with E-state index in [2.05, 4.69) is 38.7 Å². The Morgan fingerprint density at radius 1 is 1.43 bits per heavy atom. The van der Waals surface area contributed by atoms with Crippen LogP contribution in [0, 0.1) is 0 Å². The van der Waals surface area contributed by atoms with E-state index in [0.717, 1.165) is 48.2 Å². The Balaban J connectivity index is 1.84. The van der Waals surface area contributed by atoms with Crippen LogP contribution in [0.3, 0.4) is 0 Å². The summed E-state index contributed by atoms with van der Waals surface area (Å²) in [4.78, 5) is 0. The van der Waals surface area contributed by atoms with E-state index in [9.17, 15) is 0 Å². The summed E-state index contributed by atoms with van der Waals surface area (Å²) in [7, 11) is 0. The summed E-state index contributed by atoms with van der Waals surface area (Å²) in [5.41, 5.74) is 4.98. The van der Waals surface area contributed by atoms with Gasteiger partial charge in [0.2, 0.25) is 0 Å². The number of halogens is 1. The van der Waals surface area contributed by atoms with Gasteiger partial charge >= 0.3 is 0 Å². The van der Waals surface area contributed by atoms with Gasteiger partial charge in [-0.3, -0.25) is 5.43 Å². The highest BCUT2D eigenvalue weighted by molar-refractivity contribution is 9.10. The predicted octanol–water partition coefficient (Wildman–Crippen LogP) is 3.21. The summed E-state index contributed by atoms with van der Waals surface area (Å²) in [6, 6.07) is 8.09. The van der Waals surface area contributed by atoms with Crippen molar-refractivity contribution >= 4 is 39.0 Å². The quantitative estimate of drug-likeness (QED) is 0.475. The molecule has 1 aliphatic heterocycles. The normalized spacial score (nSPS) is 18.6. The molecule has 2 N–H and O–H groups in total. The highest BCUT2D eigenvalue weighted by Crippen LogP contribution is 2.12. The van der Waals surface area contributed by atoms with Crippen LogP contribution in [0.4, 0.5) is 0 Å². The van der Waals surface area contributed by atoms with Crippen LogP contribution in [-0.2, 0) is 4.74 Å². The lowest BCUT2D eigenvalue weighted by Crippen LogP contribution is -2.37. The van der Waals surface area contributed by atoms with E-state index in [1.807, 2.05) is 24.3 Å². The van der Waals surface area contributed by atoms with Crippen LogP contribution in [0.15, 0.2) is 33.8 Å². The third-order valence-corrected chi connectivity index (χ3v) is 4.08. The molecule has 0 amide bonds. The van der Waals surface area contributed by atoms with Gasteiger partial charge < -0.3 is 10.1 Å². The van der Waals surface area contributed by atoms with Crippen molar-refractivity contribution in [3.8, 4) is 0 Å². The largest absolute Gasteiger partial charge is 0.376 e. The van der Waals surface area contributed by atoms with Crippen molar-refractivity contribution in [1.29, 1.82) is 0 Å². The lowest BCUT2D eigenvalue weighted by molar-refractivity contribution is 0.114. The van der Waals surface area contributed by atoms with E-state index in [1.54, 1.807) is 0 Å². The fourth-order valence-corrected chi connectivity index (χ4v) is 2.55. The number of benzene rings is 1. The lowest BCUT2D eigenvalue weighted by Gasteiger charge is -2.12. The Morgan fingerprint density at radius 2 is 2.19 bits per heavy atom. The number of hydrazone groups is 1. The fraction of sp³-hybridized carbons (Fsp3) is 0.467. The van der Waals surface area contributed by atoms with E-state index in [-0.39, 0.29) is 6.10 Å². The third kappa shape index (κ3) is 5.37. The van der Waals surface area contributed by atoms with Crippen molar-refractivity contribution in [3.63, 3.8) is 0 Å². The third-order valence-electron chi connectivity index (χ3n) is 3.32. The molecule has 2 rings (SSSR count). The second-order valence-corrected chi connectivity index (χ2v) is 6.20. The van der Waals surface area contributed by atoms with Crippen molar-refractivity contribution in [1.82, 2.24) is 10.7 Å². The summed E-state index contributed by atoms with van der Waals surface area (Å²) in [5, 5.41) is 8.08. The van der Waals surface area contributed by atoms with E-state index in [1.165, 1.54) is 0 Å². The van der Waals surface area contributed by atoms with Gasteiger partial charge in [0.15, 0.2) is 5.11 Å². The van der Waals surface area contributed by atoms with Gasteiger partial charge in [-0.25, -0.2) is 0 Å². The summed E-state index contributed by atoms with van der Waals surface area (Å²) >= 11 is 8.67. The van der Waals surface area contributed by atoms with Gasteiger partial charge in [-0.05, 0) is 49.2 Å². The number of rotatable bonds is 5. The van der Waals surface area contributed by atoms with E-state index in [0.29, 0.717) is 5.11 Å². The summed E-state index contributed by atoms with van der Waals surface area (Å²) < 4.78 is 6.60. The first-order valence-electron chi connectivity index (χ1n) is 7.17. The average Bonchev–Trinajstić information content (AvgIpc) is 3.01. The van der Waals surface area contributed by atoms with Gasteiger partial charge in [0.05, 0.1) is 11.8 Å². The second kappa shape index (κ2) is 8.46. The molecule has 1 aliphatic rings. The number of ether oxygens (including phenoxy) is 1. The Bertz CT molecular complexity index is 498. The van der Waals surface area contributed by atoms with Crippen LogP contribution in [0.1, 0.15) is 31.7 Å². The number of nitrogens with one attached hydrogen (secondary N) is 2. The van der Waals surface area contributed by atoms with E-state index < -0.39 is 0 Å². The molecule has 0 saturated carbocycles. The number of hydrogen-bond acceptors (Lipinski definition) is 3. The van der Waals surface area contributed by atoms with Gasteiger partial charge in [-0.15, -0.1) is 0 Å². The van der Waals surface area contributed by atoms with Gasteiger partial charge in [0, 0.05) is 17.6 Å². The molecule has 1 aromatic carbocycles. The van der Waals surface area contributed by atoms with Crippen molar-refractivity contribution in [2.75, 3.05) is 13.2 Å². The number of hydrogen-bond donors (Lipinski definition) is 2. The monoisotopic (exact) mass is 369 g/mol. The van der Waals surface area contributed by atoms with Crippen LogP contribution in [0.2, 0.25) is 0 Å². The zero-order chi connectivity index (χ0) is 15.1. The molecule has 21 heavy (non-hydrogen) atoms. The first kappa shape index (κ1) is 16.4. The summed E-state index contributed by atoms with van der Waals surface area (Å²) in [5.74, 6) is 0. The van der Waals surface area contributed by atoms with Crippen molar-refractivity contribution in [2.24, 2.45) is 5.10 Å². The lowest BCUT2D eigenvalue weighted by atomic mass is 10.1. The molecule has 0 unspecified atom stereocenters. The molecule has 0 bridgehead atoms. The van der Waals surface area contributed by atoms with Crippen LogP contribution < -0.4 is 10.7 Å². The average molecular weight is 370 g/mol. The minimum Gasteiger partial charge on any atom is -0.376 e. The number of nitrogens with zero attached hydrogens (tertiary/aromatic N) is 1. The summed E-state index contributed by atoms with van der Waals surface area (Å²) in [6.45, 7) is 3.67. The summed E-state index contributed by atoms with van der Waals surface area (Å²) in [6.07, 6.45) is 3.33.